The van der Waals surface area contributed by atoms with Crippen LogP contribution in [-0.2, 0) is 17.9 Å². The Hall–Kier alpha value is -3.06. The summed E-state index contributed by atoms with van der Waals surface area (Å²) in [6, 6.07) is 11.9. The molecule has 0 saturated carbocycles. The highest BCUT2D eigenvalue weighted by atomic mass is 32.1. The number of likely N-dealkylation sites (tertiary alicyclic amines) is 1. The van der Waals surface area contributed by atoms with Crippen LogP contribution < -0.4 is 5.56 Å². The fourth-order valence-electron chi connectivity index (χ4n) is 4.81. The predicted octanol–water partition coefficient (Wildman–Crippen LogP) is 2.39. The highest BCUT2D eigenvalue weighted by Gasteiger charge is 2.25. The average molecular weight is 477 g/mol. The number of hydrogen-bond acceptors (Lipinski definition) is 7. The molecule has 0 unspecified atom stereocenters. The van der Waals surface area contributed by atoms with Gasteiger partial charge < -0.3 is 4.90 Å². The molecule has 4 heterocycles. The van der Waals surface area contributed by atoms with E-state index in [1.54, 1.807) is 0 Å². The summed E-state index contributed by atoms with van der Waals surface area (Å²) in [5, 5.41) is 12.0. The Bertz CT molecular complexity index is 1260. The highest BCUT2D eigenvalue weighted by Crippen LogP contribution is 2.31. The molecule has 2 aliphatic heterocycles. The van der Waals surface area contributed by atoms with Crippen molar-refractivity contribution in [2.24, 2.45) is 0 Å². The van der Waals surface area contributed by atoms with E-state index in [9.17, 15) is 14.9 Å². The third kappa shape index (κ3) is 4.62. The van der Waals surface area contributed by atoms with E-state index in [1.807, 2.05) is 40.6 Å². The average Bonchev–Trinajstić information content (AvgIpc) is 3.54. The fraction of sp³-hybridized carbons (Fsp3) is 0.440. The summed E-state index contributed by atoms with van der Waals surface area (Å²) in [5.74, 6) is 0.856. The minimum absolute atomic E-state index is 0.0223. The summed E-state index contributed by atoms with van der Waals surface area (Å²) < 4.78 is 1.52. The molecular formula is C25H28N6O2S. The third-order valence-corrected chi connectivity index (χ3v) is 7.61. The maximum atomic E-state index is 13.4. The van der Waals surface area contributed by atoms with E-state index < -0.39 is 0 Å². The normalized spacial score (nSPS) is 17.3. The first kappa shape index (κ1) is 22.7. The molecule has 2 saturated heterocycles. The zero-order valence-corrected chi connectivity index (χ0v) is 20.0. The molecule has 2 aliphatic rings. The van der Waals surface area contributed by atoms with Crippen LogP contribution in [0.4, 0.5) is 0 Å². The van der Waals surface area contributed by atoms with Crippen LogP contribution in [0.25, 0.3) is 21.3 Å². The summed E-state index contributed by atoms with van der Waals surface area (Å²) in [7, 11) is 0. The van der Waals surface area contributed by atoms with Gasteiger partial charge in [-0.25, -0.2) is 4.98 Å². The van der Waals surface area contributed by atoms with Gasteiger partial charge in [0, 0.05) is 50.2 Å². The lowest BCUT2D eigenvalue weighted by Gasteiger charge is -2.35. The Balaban J connectivity index is 1.32. The molecule has 1 aromatic carbocycles. The van der Waals surface area contributed by atoms with Crippen molar-refractivity contribution in [1.82, 2.24) is 24.3 Å². The van der Waals surface area contributed by atoms with Gasteiger partial charge in [-0.05, 0) is 18.4 Å². The van der Waals surface area contributed by atoms with E-state index in [2.05, 4.69) is 15.9 Å². The molecule has 2 fully saturated rings. The molecule has 176 valence electrons. The standard InChI is InChI=1S/C25H28N6O2S/c26-8-11-31-21(16-28-12-14-29(15-13-28)17-22(32)30-9-4-5-10-30)27-24-23(25(31)33)20(18-34-24)19-6-2-1-3-7-19/h1-3,6-7,18H,4-5,9-17H2. The van der Waals surface area contributed by atoms with Crippen molar-refractivity contribution in [1.29, 1.82) is 5.26 Å². The van der Waals surface area contributed by atoms with E-state index in [1.165, 1.54) is 15.9 Å². The van der Waals surface area contributed by atoms with Crippen molar-refractivity contribution < 1.29 is 4.79 Å². The number of nitrogens with zero attached hydrogens (tertiary/aromatic N) is 6. The smallest absolute Gasteiger partial charge is 0.263 e. The Morgan fingerprint density at radius 2 is 1.74 bits per heavy atom. The molecule has 2 aromatic heterocycles. The number of fused-ring (bicyclic) bond motifs is 1. The van der Waals surface area contributed by atoms with Crippen LogP contribution in [0.3, 0.4) is 0 Å². The molecule has 0 atom stereocenters. The number of benzene rings is 1. The zero-order chi connectivity index (χ0) is 23.5. The van der Waals surface area contributed by atoms with Crippen LogP contribution in [0.5, 0.6) is 0 Å². The van der Waals surface area contributed by atoms with Crippen LogP contribution in [-0.4, -0.2) is 76.0 Å². The van der Waals surface area contributed by atoms with Crippen molar-refractivity contribution in [2.45, 2.75) is 25.9 Å². The van der Waals surface area contributed by atoms with Gasteiger partial charge in [0.15, 0.2) is 0 Å². The number of aromatic nitrogens is 2. The maximum absolute atomic E-state index is 13.4. The molecule has 34 heavy (non-hydrogen) atoms. The Morgan fingerprint density at radius 1 is 1.03 bits per heavy atom. The van der Waals surface area contributed by atoms with E-state index in [-0.39, 0.29) is 18.0 Å². The molecule has 8 nitrogen and oxygen atoms in total. The SMILES string of the molecule is N#CCn1c(CN2CCN(CC(=O)N3CCCC3)CC2)nc2scc(-c3ccccc3)c2c1=O. The third-order valence-electron chi connectivity index (χ3n) is 6.73. The van der Waals surface area contributed by atoms with Gasteiger partial charge in [-0.2, -0.15) is 5.26 Å². The quantitative estimate of drug-likeness (QED) is 0.543. The lowest BCUT2D eigenvalue weighted by Crippen LogP contribution is -2.49. The summed E-state index contributed by atoms with van der Waals surface area (Å²) in [6.07, 6.45) is 2.22. The minimum Gasteiger partial charge on any atom is -0.342 e. The highest BCUT2D eigenvalue weighted by molar-refractivity contribution is 7.17. The molecule has 0 spiro atoms. The minimum atomic E-state index is -0.156. The molecule has 5 rings (SSSR count). The van der Waals surface area contributed by atoms with Gasteiger partial charge in [-0.15, -0.1) is 11.3 Å². The fourth-order valence-corrected chi connectivity index (χ4v) is 5.77. The van der Waals surface area contributed by atoms with Gasteiger partial charge in [-0.3, -0.25) is 24.0 Å². The molecule has 0 bridgehead atoms. The lowest BCUT2D eigenvalue weighted by molar-refractivity contribution is -0.131. The predicted molar refractivity (Wildman–Crippen MR) is 132 cm³/mol. The van der Waals surface area contributed by atoms with Crippen LogP contribution in [0.1, 0.15) is 18.7 Å². The lowest BCUT2D eigenvalue weighted by atomic mass is 10.1. The van der Waals surface area contributed by atoms with Gasteiger partial charge in [-0.1, -0.05) is 30.3 Å². The van der Waals surface area contributed by atoms with E-state index in [0.717, 1.165) is 63.2 Å². The molecular weight excluding hydrogens is 448 g/mol. The van der Waals surface area contributed by atoms with Gasteiger partial charge in [0.1, 0.15) is 17.2 Å². The molecule has 0 radical (unpaired) electrons. The summed E-state index contributed by atoms with van der Waals surface area (Å²) in [5.41, 5.74) is 1.69. The number of amides is 1. The molecule has 1 amide bonds. The van der Waals surface area contributed by atoms with Crippen LogP contribution in [0, 0.1) is 11.3 Å². The van der Waals surface area contributed by atoms with Gasteiger partial charge in [0.2, 0.25) is 5.91 Å². The van der Waals surface area contributed by atoms with Gasteiger partial charge in [0.05, 0.1) is 24.5 Å². The van der Waals surface area contributed by atoms with Crippen molar-refractivity contribution in [2.75, 3.05) is 45.8 Å². The molecule has 3 aromatic rings. The van der Waals surface area contributed by atoms with Crippen molar-refractivity contribution in [3.8, 4) is 17.2 Å². The second kappa shape index (κ2) is 10.1. The van der Waals surface area contributed by atoms with Crippen LogP contribution in [0.2, 0.25) is 0 Å². The maximum Gasteiger partial charge on any atom is 0.263 e. The number of rotatable bonds is 6. The first-order valence-electron chi connectivity index (χ1n) is 11.8. The summed E-state index contributed by atoms with van der Waals surface area (Å²) in [6.45, 7) is 5.96. The van der Waals surface area contributed by atoms with Crippen molar-refractivity contribution >= 4 is 27.5 Å². The number of piperazine rings is 1. The van der Waals surface area contributed by atoms with Crippen molar-refractivity contribution in [3.63, 3.8) is 0 Å². The summed E-state index contributed by atoms with van der Waals surface area (Å²) in [4.78, 5) is 37.9. The van der Waals surface area contributed by atoms with Gasteiger partial charge >= 0.3 is 0 Å². The number of carbonyl (C=O) groups excluding carboxylic acids is 1. The molecule has 9 heteroatoms. The topological polar surface area (TPSA) is 85.5 Å². The Morgan fingerprint density at radius 3 is 2.44 bits per heavy atom. The Labute approximate surface area is 202 Å². The largest absolute Gasteiger partial charge is 0.342 e. The second-order valence-corrected chi connectivity index (χ2v) is 9.77. The second-order valence-electron chi connectivity index (χ2n) is 8.91. The number of hydrogen-bond donors (Lipinski definition) is 0. The monoisotopic (exact) mass is 476 g/mol. The van der Waals surface area contributed by atoms with Crippen LogP contribution in [0.15, 0.2) is 40.5 Å². The number of thiophene rings is 1. The number of carbonyl (C=O) groups is 1. The van der Waals surface area contributed by atoms with Gasteiger partial charge in [0.25, 0.3) is 5.56 Å². The Kier molecular flexibility index (Phi) is 6.72. The van der Waals surface area contributed by atoms with Crippen molar-refractivity contribution in [3.05, 3.63) is 51.9 Å². The van der Waals surface area contributed by atoms with Crippen LogP contribution >= 0.6 is 11.3 Å². The number of nitriles is 1. The van der Waals surface area contributed by atoms with E-state index in [4.69, 9.17) is 4.98 Å². The molecule has 0 aliphatic carbocycles. The van der Waals surface area contributed by atoms with E-state index >= 15 is 0 Å². The van der Waals surface area contributed by atoms with E-state index in [0.29, 0.717) is 29.1 Å². The first-order valence-corrected chi connectivity index (χ1v) is 12.7. The zero-order valence-electron chi connectivity index (χ0n) is 19.2. The summed E-state index contributed by atoms with van der Waals surface area (Å²) >= 11 is 1.47. The first-order chi connectivity index (χ1) is 16.6. The molecule has 0 N–H and O–H groups in total.